The molecule has 0 radical (unpaired) electrons. The molecule has 0 fully saturated rings. The molecule has 7 heteroatoms. The number of aromatic amines is 1. The SMILES string of the molecule is CSc1c(N)nsc1NCCCc1ncc[nH]1. The van der Waals surface area contributed by atoms with Gasteiger partial charge in [-0.25, -0.2) is 4.98 Å². The van der Waals surface area contributed by atoms with Gasteiger partial charge < -0.3 is 16.0 Å². The third kappa shape index (κ3) is 3.13. The van der Waals surface area contributed by atoms with Gasteiger partial charge in [-0.2, -0.15) is 4.37 Å². The number of imidazole rings is 1. The third-order valence-corrected chi connectivity index (χ3v) is 4.08. The van der Waals surface area contributed by atoms with Crippen molar-refractivity contribution in [3.8, 4) is 0 Å². The van der Waals surface area contributed by atoms with Crippen molar-refractivity contribution in [2.45, 2.75) is 17.7 Å². The second-order valence-electron chi connectivity index (χ2n) is 3.50. The lowest BCUT2D eigenvalue weighted by molar-refractivity contribution is 0.817. The number of H-pyrrole nitrogens is 1. The standard InChI is InChI=1S/C10H15N5S2/c1-16-8-9(11)15-17-10(8)14-4-2-3-7-12-5-6-13-7/h5-6,14H,2-4H2,1H3,(H2,11,15)(H,12,13). The molecule has 17 heavy (non-hydrogen) atoms. The summed E-state index contributed by atoms with van der Waals surface area (Å²) in [6.07, 6.45) is 7.60. The molecule has 0 atom stereocenters. The Hall–Kier alpha value is -1.21. The summed E-state index contributed by atoms with van der Waals surface area (Å²) in [6, 6.07) is 0. The molecule has 0 saturated carbocycles. The first-order valence-electron chi connectivity index (χ1n) is 5.32. The molecule has 0 saturated heterocycles. The number of aromatic nitrogens is 3. The van der Waals surface area contributed by atoms with Crippen LogP contribution in [0.4, 0.5) is 10.8 Å². The lowest BCUT2D eigenvalue weighted by Crippen LogP contribution is -2.03. The average Bonchev–Trinajstić information content (AvgIpc) is 2.94. The van der Waals surface area contributed by atoms with Gasteiger partial charge in [-0.1, -0.05) is 0 Å². The summed E-state index contributed by atoms with van der Waals surface area (Å²) in [5.41, 5.74) is 5.76. The number of aryl methyl sites for hydroxylation is 1. The zero-order valence-corrected chi connectivity index (χ0v) is 11.2. The summed E-state index contributed by atoms with van der Waals surface area (Å²) in [5, 5.41) is 4.43. The highest BCUT2D eigenvalue weighted by Crippen LogP contribution is 2.34. The number of nitrogens with two attached hydrogens (primary N) is 1. The van der Waals surface area contributed by atoms with Gasteiger partial charge in [-0.15, -0.1) is 11.8 Å². The van der Waals surface area contributed by atoms with E-state index in [1.807, 2.05) is 12.5 Å². The van der Waals surface area contributed by atoms with Gasteiger partial charge in [0.25, 0.3) is 0 Å². The molecule has 5 nitrogen and oxygen atoms in total. The fourth-order valence-electron chi connectivity index (χ4n) is 1.50. The minimum atomic E-state index is 0.621. The molecule has 2 heterocycles. The summed E-state index contributed by atoms with van der Waals surface area (Å²) in [6.45, 7) is 0.899. The minimum Gasteiger partial charge on any atom is -0.382 e. The highest BCUT2D eigenvalue weighted by atomic mass is 32.2. The number of anilines is 2. The van der Waals surface area contributed by atoms with Crippen LogP contribution in [0.3, 0.4) is 0 Å². The van der Waals surface area contributed by atoms with Crippen molar-refractivity contribution in [3.05, 3.63) is 18.2 Å². The molecular formula is C10H15N5S2. The van der Waals surface area contributed by atoms with Gasteiger partial charge in [0, 0.05) is 25.4 Å². The Bertz CT molecular complexity index is 451. The van der Waals surface area contributed by atoms with Gasteiger partial charge in [0.2, 0.25) is 0 Å². The molecule has 0 bridgehead atoms. The lowest BCUT2D eigenvalue weighted by atomic mass is 10.3. The van der Waals surface area contributed by atoms with E-state index >= 15 is 0 Å². The quantitative estimate of drug-likeness (QED) is 0.553. The average molecular weight is 269 g/mol. The van der Waals surface area contributed by atoms with Crippen LogP contribution in [0.2, 0.25) is 0 Å². The van der Waals surface area contributed by atoms with Gasteiger partial charge in [0.1, 0.15) is 10.8 Å². The van der Waals surface area contributed by atoms with E-state index in [9.17, 15) is 0 Å². The van der Waals surface area contributed by atoms with E-state index in [1.54, 1.807) is 18.0 Å². The van der Waals surface area contributed by atoms with Crippen molar-refractivity contribution in [1.29, 1.82) is 0 Å². The first-order valence-corrected chi connectivity index (χ1v) is 7.32. The predicted molar refractivity (Wildman–Crippen MR) is 73.7 cm³/mol. The second-order valence-corrected chi connectivity index (χ2v) is 5.09. The van der Waals surface area contributed by atoms with Gasteiger partial charge in [-0.05, 0) is 24.2 Å². The van der Waals surface area contributed by atoms with E-state index in [1.165, 1.54) is 11.5 Å². The molecule has 92 valence electrons. The number of hydrogen-bond donors (Lipinski definition) is 3. The van der Waals surface area contributed by atoms with Crippen molar-refractivity contribution in [2.24, 2.45) is 0 Å². The first-order chi connectivity index (χ1) is 8.31. The highest BCUT2D eigenvalue weighted by molar-refractivity contribution is 7.99. The van der Waals surface area contributed by atoms with Crippen molar-refractivity contribution in [2.75, 3.05) is 23.9 Å². The smallest absolute Gasteiger partial charge is 0.153 e. The van der Waals surface area contributed by atoms with Gasteiger partial charge in [0.05, 0.1) is 4.90 Å². The van der Waals surface area contributed by atoms with E-state index in [4.69, 9.17) is 5.73 Å². The molecule has 0 aromatic carbocycles. The largest absolute Gasteiger partial charge is 0.382 e. The Morgan fingerprint density at radius 1 is 1.59 bits per heavy atom. The van der Waals surface area contributed by atoms with Crippen LogP contribution >= 0.6 is 23.3 Å². The maximum Gasteiger partial charge on any atom is 0.153 e. The van der Waals surface area contributed by atoms with Crippen molar-refractivity contribution in [3.63, 3.8) is 0 Å². The Morgan fingerprint density at radius 2 is 2.47 bits per heavy atom. The van der Waals surface area contributed by atoms with E-state index in [0.29, 0.717) is 5.82 Å². The predicted octanol–water partition coefficient (Wildman–Crippen LogP) is 2.21. The molecular weight excluding hydrogens is 254 g/mol. The number of rotatable bonds is 6. The normalized spacial score (nSPS) is 10.6. The van der Waals surface area contributed by atoms with E-state index in [-0.39, 0.29) is 0 Å². The fraction of sp³-hybridized carbons (Fsp3) is 0.400. The Labute approximate surface area is 108 Å². The van der Waals surface area contributed by atoms with E-state index in [2.05, 4.69) is 19.7 Å². The molecule has 0 spiro atoms. The molecule has 4 N–H and O–H groups in total. The van der Waals surface area contributed by atoms with Crippen LogP contribution in [-0.2, 0) is 6.42 Å². The van der Waals surface area contributed by atoms with Crippen LogP contribution in [0.15, 0.2) is 17.3 Å². The molecule has 0 aliphatic heterocycles. The first kappa shape index (κ1) is 12.3. The zero-order chi connectivity index (χ0) is 12.1. The number of thioether (sulfide) groups is 1. The molecule has 0 amide bonds. The fourth-order valence-corrected chi connectivity index (χ4v) is 3.06. The monoisotopic (exact) mass is 269 g/mol. The van der Waals surface area contributed by atoms with Crippen LogP contribution in [0.5, 0.6) is 0 Å². The highest BCUT2D eigenvalue weighted by Gasteiger charge is 2.09. The summed E-state index contributed by atoms with van der Waals surface area (Å²) < 4.78 is 4.13. The molecule has 0 aliphatic carbocycles. The van der Waals surface area contributed by atoms with E-state index in [0.717, 1.165) is 35.1 Å². The van der Waals surface area contributed by atoms with Crippen molar-refractivity contribution < 1.29 is 0 Å². The maximum atomic E-state index is 5.76. The summed E-state index contributed by atoms with van der Waals surface area (Å²) >= 11 is 3.04. The van der Waals surface area contributed by atoms with Crippen LogP contribution < -0.4 is 11.1 Å². The molecule has 0 aliphatic rings. The van der Waals surface area contributed by atoms with Crippen molar-refractivity contribution >= 4 is 34.1 Å². The zero-order valence-electron chi connectivity index (χ0n) is 9.56. The number of nitrogens with one attached hydrogen (secondary N) is 2. The van der Waals surface area contributed by atoms with Gasteiger partial charge in [-0.3, -0.25) is 0 Å². The summed E-state index contributed by atoms with van der Waals surface area (Å²) in [5.74, 6) is 1.65. The van der Waals surface area contributed by atoms with Crippen molar-refractivity contribution in [1.82, 2.24) is 14.3 Å². The Balaban J connectivity index is 1.78. The van der Waals surface area contributed by atoms with Crippen LogP contribution in [0.25, 0.3) is 0 Å². The number of nitrogen functional groups attached to an aromatic ring is 1. The number of nitrogens with zero attached hydrogens (tertiary/aromatic N) is 2. The van der Waals surface area contributed by atoms with Crippen LogP contribution in [-0.4, -0.2) is 27.1 Å². The van der Waals surface area contributed by atoms with E-state index < -0.39 is 0 Å². The lowest BCUT2D eigenvalue weighted by Gasteiger charge is -2.04. The Morgan fingerprint density at radius 3 is 3.18 bits per heavy atom. The van der Waals surface area contributed by atoms with Gasteiger partial charge in [0.15, 0.2) is 5.82 Å². The minimum absolute atomic E-state index is 0.621. The summed E-state index contributed by atoms with van der Waals surface area (Å²) in [7, 11) is 0. The molecule has 2 rings (SSSR count). The molecule has 2 aromatic heterocycles. The molecule has 0 unspecified atom stereocenters. The topological polar surface area (TPSA) is 79.6 Å². The van der Waals surface area contributed by atoms with Gasteiger partial charge >= 0.3 is 0 Å². The second kappa shape index (κ2) is 5.92. The van der Waals surface area contributed by atoms with Crippen LogP contribution in [0, 0.1) is 0 Å². The maximum absolute atomic E-state index is 5.76. The Kier molecular flexibility index (Phi) is 4.27. The van der Waals surface area contributed by atoms with Crippen LogP contribution in [0.1, 0.15) is 12.2 Å². The molecule has 2 aromatic rings. The summed E-state index contributed by atoms with van der Waals surface area (Å²) in [4.78, 5) is 8.32. The number of hydrogen-bond acceptors (Lipinski definition) is 6. The third-order valence-electron chi connectivity index (χ3n) is 2.31.